The molecule has 7 heteroatoms. The van der Waals surface area contributed by atoms with Crippen LogP contribution in [0.4, 0.5) is 10.1 Å². The molecule has 1 saturated heterocycles. The van der Waals surface area contributed by atoms with E-state index >= 15 is 0 Å². The number of rotatable bonds is 5. The van der Waals surface area contributed by atoms with Gasteiger partial charge in [-0.25, -0.2) is 4.39 Å². The SMILES string of the molecule is CCCO[C@H]1CCCN(C(=O)c2ccc([N+](=O)[O-])cc2F)CC1. The standard InChI is InChI=1S/C16H21FN2O4/c1-2-10-23-13-4-3-8-18(9-7-13)16(20)14-6-5-12(19(21)22)11-15(14)17/h5-6,11,13H,2-4,7-10H2,1H3/t13-/m0/s1. The molecule has 126 valence electrons. The van der Waals surface area contributed by atoms with E-state index in [-0.39, 0.29) is 17.4 Å². The van der Waals surface area contributed by atoms with E-state index in [1.807, 2.05) is 6.92 Å². The van der Waals surface area contributed by atoms with Crippen molar-refractivity contribution in [3.05, 3.63) is 39.7 Å². The Balaban J connectivity index is 2.04. The zero-order valence-electron chi connectivity index (χ0n) is 13.2. The molecule has 1 aromatic carbocycles. The van der Waals surface area contributed by atoms with E-state index in [9.17, 15) is 19.3 Å². The summed E-state index contributed by atoms with van der Waals surface area (Å²) < 4.78 is 19.7. The van der Waals surface area contributed by atoms with E-state index < -0.39 is 16.6 Å². The quantitative estimate of drug-likeness (QED) is 0.616. The highest BCUT2D eigenvalue weighted by Crippen LogP contribution is 2.21. The maximum absolute atomic E-state index is 14.0. The number of ether oxygens (including phenoxy) is 1. The van der Waals surface area contributed by atoms with Crippen LogP contribution in [0.1, 0.15) is 43.0 Å². The largest absolute Gasteiger partial charge is 0.378 e. The van der Waals surface area contributed by atoms with Crippen molar-refractivity contribution in [2.24, 2.45) is 0 Å². The Morgan fingerprint density at radius 3 is 2.87 bits per heavy atom. The van der Waals surface area contributed by atoms with E-state index in [1.54, 1.807) is 4.90 Å². The van der Waals surface area contributed by atoms with Crippen LogP contribution in [0.25, 0.3) is 0 Å². The average Bonchev–Trinajstić information content (AvgIpc) is 2.77. The van der Waals surface area contributed by atoms with E-state index in [2.05, 4.69) is 0 Å². The van der Waals surface area contributed by atoms with E-state index in [0.717, 1.165) is 37.8 Å². The summed E-state index contributed by atoms with van der Waals surface area (Å²) >= 11 is 0. The molecule has 0 spiro atoms. The third-order valence-corrected chi connectivity index (χ3v) is 3.91. The number of nitro benzene ring substituents is 1. The second-order valence-corrected chi connectivity index (χ2v) is 5.64. The number of carbonyl (C=O) groups excluding carboxylic acids is 1. The third kappa shape index (κ3) is 4.48. The molecule has 0 aromatic heterocycles. The smallest absolute Gasteiger partial charge is 0.272 e. The molecule has 0 radical (unpaired) electrons. The Bertz CT molecular complexity index is 579. The van der Waals surface area contributed by atoms with Crippen molar-refractivity contribution in [1.82, 2.24) is 4.90 Å². The van der Waals surface area contributed by atoms with Gasteiger partial charge < -0.3 is 9.64 Å². The van der Waals surface area contributed by atoms with Gasteiger partial charge >= 0.3 is 0 Å². The van der Waals surface area contributed by atoms with Gasteiger partial charge in [-0.05, 0) is 31.7 Å². The second-order valence-electron chi connectivity index (χ2n) is 5.64. The van der Waals surface area contributed by atoms with E-state index in [4.69, 9.17) is 4.74 Å². The summed E-state index contributed by atoms with van der Waals surface area (Å²) in [6.45, 7) is 3.80. The first-order valence-corrected chi connectivity index (χ1v) is 7.87. The molecule has 1 aliphatic heterocycles. The van der Waals surface area contributed by atoms with Crippen LogP contribution >= 0.6 is 0 Å². The highest BCUT2D eigenvalue weighted by Gasteiger charge is 2.24. The van der Waals surface area contributed by atoms with Gasteiger partial charge in [-0.1, -0.05) is 6.92 Å². The maximum Gasteiger partial charge on any atom is 0.272 e. The molecule has 2 rings (SSSR count). The molecule has 0 N–H and O–H groups in total. The molecule has 1 atom stereocenters. The Kier molecular flexibility index (Phi) is 6.04. The lowest BCUT2D eigenvalue weighted by Gasteiger charge is -2.21. The number of benzene rings is 1. The molecule has 0 aliphatic carbocycles. The topological polar surface area (TPSA) is 72.7 Å². The molecule has 1 amide bonds. The van der Waals surface area contributed by atoms with Gasteiger partial charge in [0.15, 0.2) is 0 Å². The zero-order chi connectivity index (χ0) is 16.8. The number of nitro groups is 1. The third-order valence-electron chi connectivity index (χ3n) is 3.91. The Labute approximate surface area is 134 Å². The molecule has 1 heterocycles. The number of nitrogens with zero attached hydrogens (tertiary/aromatic N) is 2. The molecule has 6 nitrogen and oxygen atoms in total. The minimum absolute atomic E-state index is 0.122. The van der Waals surface area contributed by atoms with Crippen LogP contribution < -0.4 is 0 Å². The molecule has 1 fully saturated rings. The second kappa shape index (κ2) is 8.01. The van der Waals surface area contributed by atoms with Crippen molar-refractivity contribution in [2.45, 2.75) is 38.7 Å². The van der Waals surface area contributed by atoms with Gasteiger partial charge in [0.1, 0.15) is 5.82 Å². The highest BCUT2D eigenvalue weighted by molar-refractivity contribution is 5.94. The van der Waals surface area contributed by atoms with Gasteiger partial charge in [0.2, 0.25) is 0 Å². The van der Waals surface area contributed by atoms with Crippen LogP contribution in [-0.2, 0) is 4.74 Å². The van der Waals surface area contributed by atoms with Crippen molar-refractivity contribution < 1.29 is 18.8 Å². The van der Waals surface area contributed by atoms with E-state index in [1.165, 1.54) is 6.07 Å². The first kappa shape index (κ1) is 17.3. The fraction of sp³-hybridized carbons (Fsp3) is 0.562. The molecule has 0 saturated carbocycles. The monoisotopic (exact) mass is 324 g/mol. The Hall–Kier alpha value is -2.02. The van der Waals surface area contributed by atoms with Gasteiger partial charge in [0, 0.05) is 25.8 Å². The molecule has 0 bridgehead atoms. The van der Waals surface area contributed by atoms with Crippen molar-refractivity contribution in [1.29, 1.82) is 0 Å². The lowest BCUT2D eigenvalue weighted by atomic mass is 10.1. The Morgan fingerprint density at radius 1 is 1.43 bits per heavy atom. The van der Waals surface area contributed by atoms with Crippen LogP contribution in [0.2, 0.25) is 0 Å². The first-order valence-electron chi connectivity index (χ1n) is 7.87. The minimum Gasteiger partial charge on any atom is -0.378 e. The van der Waals surface area contributed by atoms with Crippen LogP contribution in [0.5, 0.6) is 0 Å². The van der Waals surface area contributed by atoms with Crippen molar-refractivity contribution >= 4 is 11.6 Å². The van der Waals surface area contributed by atoms with Crippen molar-refractivity contribution in [3.8, 4) is 0 Å². The highest BCUT2D eigenvalue weighted by atomic mass is 19.1. The molecule has 1 aliphatic rings. The van der Waals surface area contributed by atoms with Gasteiger partial charge in [0.25, 0.3) is 11.6 Å². The molecular weight excluding hydrogens is 303 g/mol. The lowest BCUT2D eigenvalue weighted by molar-refractivity contribution is -0.385. The summed E-state index contributed by atoms with van der Waals surface area (Å²) in [5.41, 5.74) is -0.480. The van der Waals surface area contributed by atoms with Gasteiger partial charge in [-0.15, -0.1) is 0 Å². The lowest BCUT2D eigenvalue weighted by Crippen LogP contribution is -2.33. The van der Waals surface area contributed by atoms with Crippen LogP contribution in [0.15, 0.2) is 18.2 Å². The molecular formula is C16H21FN2O4. The fourth-order valence-corrected chi connectivity index (χ4v) is 2.68. The molecule has 0 unspecified atom stereocenters. The zero-order valence-corrected chi connectivity index (χ0v) is 13.2. The van der Waals surface area contributed by atoms with Crippen molar-refractivity contribution in [3.63, 3.8) is 0 Å². The van der Waals surface area contributed by atoms with Crippen molar-refractivity contribution in [2.75, 3.05) is 19.7 Å². The number of carbonyl (C=O) groups is 1. The van der Waals surface area contributed by atoms with E-state index in [0.29, 0.717) is 19.7 Å². The molecule has 1 aromatic rings. The minimum atomic E-state index is -0.854. The van der Waals surface area contributed by atoms with Gasteiger partial charge in [-0.2, -0.15) is 0 Å². The fourth-order valence-electron chi connectivity index (χ4n) is 2.68. The first-order chi connectivity index (χ1) is 11.0. The predicted molar refractivity (Wildman–Crippen MR) is 82.8 cm³/mol. The van der Waals surface area contributed by atoms with Crippen LogP contribution in [0, 0.1) is 15.9 Å². The number of non-ortho nitro benzene ring substituents is 1. The number of halogens is 1. The van der Waals surface area contributed by atoms with Crippen LogP contribution in [0.3, 0.4) is 0 Å². The van der Waals surface area contributed by atoms with Gasteiger partial charge in [-0.3, -0.25) is 14.9 Å². The average molecular weight is 324 g/mol. The number of likely N-dealkylation sites (tertiary alicyclic amines) is 1. The summed E-state index contributed by atoms with van der Waals surface area (Å²) in [5, 5.41) is 10.6. The number of amides is 1. The summed E-state index contributed by atoms with van der Waals surface area (Å²) in [6, 6.07) is 3.13. The van der Waals surface area contributed by atoms with Gasteiger partial charge in [0.05, 0.1) is 22.7 Å². The Morgan fingerprint density at radius 2 is 2.22 bits per heavy atom. The van der Waals surface area contributed by atoms with Crippen LogP contribution in [-0.4, -0.2) is 41.5 Å². The summed E-state index contributed by atoms with van der Waals surface area (Å²) in [4.78, 5) is 24.0. The normalized spacial score (nSPS) is 18.5. The predicted octanol–water partition coefficient (Wildman–Crippen LogP) is 3.16. The molecule has 23 heavy (non-hydrogen) atoms. The summed E-state index contributed by atoms with van der Waals surface area (Å²) in [5.74, 6) is -1.28. The maximum atomic E-state index is 14.0. The number of hydrogen-bond acceptors (Lipinski definition) is 4. The number of hydrogen-bond donors (Lipinski definition) is 0. The summed E-state index contributed by atoms with van der Waals surface area (Å²) in [7, 11) is 0. The summed E-state index contributed by atoms with van der Waals surface area (Å²) in [6.07, 6.45) is 3.49.